The van der Waals surface area contributed by atoms with E-state index in [0.29, 0.717) is 19.6 Å². The molecule has 6 heteroatoms. The number of hydrogen-bond donors (Lipinski definition) is 1. The molecule has 1 heterocycles. The normalized spacial score (nSPS) is 37.3. The first kappa shape index (κ1) is 17.5. The summed E-state index contributed by atoms with van der Waals surface area (Å²) >= 11 is 0. The van der Waals surface area contributed by atoms with E-state index in [1.54, 1.807) is 24.3 Å². The van der Waals surface area contributed by atoms with Gasteiger partial charge in [-0.15, -0.1) is 0 Å². The van der Waals surface area contributed by atoms with Gasteiger partial charge >= 0.3 is 0 Å². The Balaban J connectivity index is 1.72. The van der Waals surface area contributed by atoms with Gasteiger partial charge in [-0.25, -0.2) is 8.42 Å². The van der Waals surface area contributed by atoms with Crippen molar-refractivity contribution >= 4 is 9.84 Å². The molecule has 2 aliphatic carbocycles. The maximum Gasteiger partial charge on any atom is 0.183 e. The molecule has 1 aromatic carbocycles. The Bertz CT molecular complexity index is 751. The van der Waals surface area contributed by atoms with Gasteiger partial charge in [0.25, 0.3) is 0 Å². The Kier molecular flexibility index (Phi) is 4.03. The highest BCUT2D eigenvalue weighted by atomic mass is 32.2. The molecule has 1 aliphatic heterocycles. The molecule has 3 aliphatic rings. The smallest absolute Gasteiger partial charge is 0.183 e. The predicted octanol–water partition coefficient (Wildman–Crippen LogP) is 2.45. The first-order chi connectivity index (χ1) is 11.8. The van der Waals surface area contributed by atoms with Crippen LogP contribution in [0.2, 0.25) is 0 Å². The van der Waals surface area contributed by atoms with Gasteiger partial charge in [0.15, 0.2) is 15.6 Å². The van der Waals surface area contributed by atoms with Gasteiger partial charge in [0.1, 0.15) is 0 Å². The number of aliphatic hydroxyl groups is 1. The van der Waals surface area contributed by atoms with Gasteiger partial charge in [0.05, 0.1) is 34.9 Å². The second-order valence-corrected chi connectivity index (χ2v) is 10.1. The lowest BCUT2D eigenvalue weighted by atomic mass is 9.65. The van der Waals surface area contributed by atoms with Crippen molar-refractivity contribution in [2.75, 3.05) is 13.2 Å². The van der Waals surface area contributed by atoms with Crippen molar-refractivity contribution in [2.24, 2.45) is 11.3 Å². The maximum absolute atomic E-state index is 13.2. The largest absolute Gasteiger partial charge is 0.391 e. The molecule has 1 saturated heterocycles. The molecule has 4 rings (SSSR count). The van der Waals surface area contributed by atoms with Crippen LogP contribution in [0.3, 0.4) is 0 Å². The molecule has 4 atom stereocenters. The monoisotopic (exact) mass is 366 g/mol. The van der Waals surface area contributed by atoms with Gasteiger partial charge in [-0.1, -0.05) is 24.6 Å². The highest BCUT2D eigenvalue weighted by Gasteiger charge is 2.68. The van der Waals surface area contributed by atoms with Crippen molar-refractivity contribution in [3.05, 3.63) is 29.8 Å². The van der Waals surface area contributed by atoms with E-state index in [0.717, 1.165) is 24.8 Å². The minimum atomic E-state index is -3.61. The number of sulfone groups is 1. The molecule has 0 unspecified atom stereocenters. The summed E-state index contributed by atoms with van der Waals surface area (Å²) in [5, 5.41) is 10.4. The van der Waals surface area contributed by atoms with E-state index in [9.17, 15) is 13.5 Å². The van der Waals surface area contributed by atoms with Crippen LogP contribution < -0.4 is 0 Å². The molecule has 3 fully saturated rings. The Labute approximate surface area is 149 Å². The summed E-state index contributed by atoms with van der Waals surface area (Å²) in [6.45, 7) is 4.89. The number of rotatable bonds is 2. The second kappa shape index (κ2) is 5.78. The number of ether oxygens (including phenoxy) is 2. The number of hydrogen-bond acceptors (Lipinski definition) is 5. The van der Waals surface area contributed by atoms with Crippen molar-refractivity contribution in [2.45, 2.75) is 61.6 Å². The average Bonchev–Trinajstić information content (AvgIpc) is 3.17. The summed E-state index contributed by atoms with van der Waals surface area (Å²) in [4.78, 5) is 0.282. The average molecular weight is 366 g/mol. The highest BCUT2D eigenvalue weighted by molar-refractivity contribution is 7.92. The van der Waals surface area contributed by atoms with Crippen molar-refractivity contribution < 1.29 is 23.0 Å². The van der Waals surface area contributed by atoms with Gasteiger partial charge in [-0.05, 0) is 44.2 Å². The number of fused-ring (bicyclic) bond motifs is 2. The van der Waals surface area contributed by atoms with Crippen LogP contribution in [0.25, 0.3) is 0 Å². The third-order valence-corrected chi connectivity index (χ3v) is 8.98. The topological polar surface area (TPSA) is 72.8 Å². The summed E-state index contributed by atoms with van der Waals surface area (Å²) in [6, 6.07) is 6.87. The number of benzene rings is 1. The maximum atomic E-state index is 13.2. The lowest BCUT2D eigenvalue weighted by Crippen LogP contribution is -2.60. The first-order valence-electron chi connectivity index (χ1n) is 9.08. The fraction of sp³-hybridized carbons (Fsp3) is 0.684. The molecule has 0 bridgehead atoms. The summed E-state index contributed by atoms with van der Waals surface area (Å²) in [6.07, 6.45) is 1.89. The Hall–Kier alpha value is -0.950. The second-order valence-electron chi connectivity index (χ2n) is 7.89. The molecule has 1 aromatic rings. The lowest BCUT2D eigenvalue weighted by molar-refractivity contribution is -0.257. The van der Waals surface area contributed by atoms with Crippen molar-refractivity contribution in [3.63, 3.8) is 0 Å². The summed E-state index contributed by atoms with van der Waals surface area (Å²) in [5.74, 6) is -0.608. The standard InChI is InChI=1S/C19H26O5S/c1-13-3-6-15(7-4-13)25(21,22)16-8-5-14-9-10-19(23-11-12-24-19)18(14,2)17(16)20/h3-4,6-7,14,16-17,20H,5,8-12H2,1-2H3/t14-,16-,17-,18-/m1/s1. The molecule has 138 valence electrons. The minimum Gasteiger partial charge on any atom is -0.391 e. The van der Waals surface area contributed by atoms with Crippen molar-refractivity contribution in [1.82, 2.24) is 0 Å². The summed E-state index contributed by atoms with van der Waals surface area (Å²) in [7, 11) is -3.61. The van der Waals surface area contributed by atoms with Gasteiger partial charge in [0.2, 0.25) is 0 Å². The number of aryl methyl sites for hydroxylation is 1. The van der Waals surface area contributed by atoms with Crippen LogP contribution >= 0.6 is 0 Å². The molecule has 0 aromatic heterocycles. The van der Waals surface area contributed by atoms with Crippen LogP contribution in [0, 0.1) is 18.3 Å². The molecule has 5 nitrogen and oxygen atoms in total. The first-order valence-corrected chi connectivity index (χ1v) is 10.6. The molecular weight excluding hydrogens is 340 g/mol. The number of aliphatic hydroxyl groups excluding tert-OH is 1. The van der Waals surface area contributed by atoms with Crippen molar-refractivity contribution in [3.8, 4) is 0 Å². The third-order valence-electron chi connectivity index (χ3n) is 6.76. The molecule has 2 saturated carbocycles. The zero-order valence-corrected chi connectivity index (χ0v) is 15.6. The van der Waals surface area contributed by atoms with Gasteiger partial charge in [0, 0.05) is 6.42 Å². The Morgan fingerprint density at radius 1 is 1.08 bits per heavy atom. The van der Waals surface area contributed by atoms with Crippen molar-refractivity contribution in [1.29, 1.82) is 0 Å². The SMILES string of the molecule is Cc1ccc(S(=O)(=O)[C@@H]2CC[C@@H]3CCC4(OCCO4)[C@@]3(C)[C@@H]2O)cc1. The van der Waals surface area contributed by atoms with Crippen LogP contribution in [0.1, 0.15) is 38.2 Å². The van der Waals surface area contributed by atoms with E-state index in [1.165, 1.54) is 0 Å². The van der Waals surface area contributed by atoms with E-state index in [2.05, 4.69) is 0 Å². The van der Waals surface area contributed by atoms with Crippen LogP contribution in [0.15, 0.2) is 29.2 Å². The van der Waals surface area contributed by atoms with E-state index in [-0.39, 0.29) is 10.8 Å². The molecule has 1 N–H and O–H groups in total. The molecule has 25 heavy (non-hydrogen) atoms. The van der Waals surface area contributed by atoms with Gasteiger partial charge in [-0.2, -0.15) is 0 Å². The highest BCUT2D eigenvalue weighted by Crippen LogP contribution is 2.61. The Morgan fingerprint density at radius 2 is 1.72 bits per heavy atom. The minimum absolute atomic E-state index is 0.227. The molecule has 0 radical (unpaired) electrons. The predicted molar refractivity (Wildman–Crippen MR) is 92.9 cm³/mol. The Morgan fingerprint density at radius 3 is 2.36 bits per heavy atom. The van der Waals surface area contributed by atoms with E-state index in [1.807, 2.05) is 13.8 Å². The summed E-state index contributed by atoms with van der Waals surface area (Å²) in [5.41, 5.74) is 0.321. The van der Waals surface area contributed by atoms with E-state index in [4.69, 9.17) is 9.47 Å². The van der Waals surface area contributed by atoms with E-state index < -0.39 is 32.4 Å². The van der Waals surface area contributed by atoms with Crippen LogP contribution in [0.4, 0.5) is 0 Å². The van der Waals surface area contributed by atoms with E-state index >= 15 is 0 Å². The van der Waals surface area contributed by atoms with Gasteiger partial charge in [-0.3, -0.25) is 0 Å². The fourth-order valence-corrected chi connectivity index (χ4v) is 7.14. The molecule has 1 spiro atoms. The molecular formula is C19H26O5S. The quantitative estimate of drug-likeness (QED) is 0.870. The van der Waals surface area contributed by atoms with Crippen LogP contribution in [-0.4, -0.2) is 43.9 Å². The van der Waals surface area contributed by atoms with Crippen LogP contribution in [-0.2, 0) is 19.3 Å². The zero-order chi connectivity index (χ0) is 17.9. The third kappa shape index (κ3) is 2.34. The summed E-state index contributed by atoms with van der Waals surface area (Å²) < 4.78 is 38.3. The van der Waals surface area contributed by atoms with Crippen LogP contribution in [0.5, 0.6) is 0 Å². The fourth-order valence-electron chi connectivity index (χ4n) is 5.20. The molecule has 0 amide bonds. The van der Waals surface area contributed by atoms with Gasteiger partial charge < -0.3 is 14.6 Å². The lowest BCUT2D eigenvalue weighted by Gasteiger charge is -2.50. The zero-order valence-electron chi connectivity index (χ0n) is 14.8.